The lowest BCUT2D eigenvalue weighted by Gasteiger charge is -2.39. The molecule has 5 rings (SSSR count). The fourth-order valence-corrected chi connectivity index (χ4v) is 5.34. The summed E-state index contributed by atoms with van der Waals surface area (Å²) in [5.74, 6) is 1.55. The summed E-state index contributed by atoms with van der Waals surface area (Å²) in [6, 6.07) is 22.3. The van der Waals surface area contributed by atoms with Crippen molar-refractivity contribution in [2.45, 2.75) is 45.4 Å². The fraction of sp³-hybridized carbons (Fsp3) is 0.364. The molecule has 1 fully saturated rings. The number of nitrogens with zero attached hydrogens (tertiary/aromatic N) is 1. The van der Waals surface area contributed by atoms with Gasteiger partial charge in [0.25, 0.3) is 5.91 Å². The second-order valence-corrected chi connectivity index (χ2v) is 10.9. The molecule has 39 heavy (non-hydrogen) atoms. The molecule has 1 unspecified atom stereocenters. The first-order valence-electron chi connectivity index (χ1n) is 14.0. The highest BCUT2D eigenvalue weighted by Crippen LogP contribution is 2.32. The third-order valence-corrected chi connectivity index (χ3v) is 7.50. The normalized spacial score (nSPS) is 17.3. The van der Waals surface area contributed by atoms with E-state index in [0.29, 0.717) is 25.2 Å². The van der Waals surface area contributed by atoms with Crippen LogP contribution >= 0.6 is 0 Å². The van der Waals surface area contributed by atoms with Gasteiger partial charge < -0.3 is 19.5 Å². The molecular formula is C33H39N2O4+. The van der Waals surface area contributed by atoms with Gasteiger partial charge in [0, 0.05) is 35.2 Å². The molecule has 1 amide bonds. The Morgan fingerprint density at radius 3 is 2.46 bits per heavy atom. The molecule has 1 N–H and O–H groups in total. The van der Waals surface area contributed by atoms with Gasteiger partial charge in [0.15, 0.2) is 6.23 Å². The third kappa shape index (κ3) is 6.70. The van der Waals surface area contributed by atoms with Crippen molar-refractivity contribution in [2.75, 3.05) is 39.2 Å². The van der Waals surface area contributed by atoms with E-state index in [4.69, 9.17) is 14.2 Å². The van der Waals surface area contributed by atoms with E-state index in [1.165, 1.54) is 12.0 Å². The fourth-order valence-electron chi connectivity index (χ4n) is 5.34. The first-order valence-corrected chi connectivity index (χ1v) is 14.0. The van der Waals surface area contributed by atoms with Crippen LogP contribution in [-0.4, -0.2) is 50.5 Å². The van der Waals surface area contributed by atoms with Gasteiger partial charge >= 0.3 is 0 Å². The van der Waals surface area contributed by atoms with Crippen LogP contribution in [0.2, 0.25) is 0 Å². The van der Waals surface area contributed by atoms with Crippen LogP contribution < -0.4 is 14.8 Å². The SMILES string of the molecule is CCOc1ccc(-c2ccc3c(c2)C=C(C(=O)Nc2ccc(C[N+](C)(C)C4CCCCO4)cc2)CCO3)cc1. The van der Waals surface area contributed by atoms with Crippen LogP contribution in [0.5, 0.6) is 11.5 Å². The van der Waals surface area contributed by atoms with Crippen LogP contribution in [0.4, 0.5) is 5.69 Å². The molecule has 2 aliphatic heterocycles. The number of ether oxygens (including phenoxy) is 3. The zero-order valence-corrected chi connectivity index (χ0v) is 23.2. The Balaban J connectivity index is 1.27. The van der Waals surface area contributed by atoms with E-state index in [1.54, 1.807) is 0 Å². The van der Waals surface area contributed by atoms with Gasteiger partial charge in [0.05, 0.1) is 33.9 Å². The van der Waals surface area contributed by atoms with Gasteiger partial charge in [0.2, 0.25) is 0 Å². The number of benzene rings is 3. The van der Waals surface area contributed by atoms with Crippen molar-refractivity contribution in [2.24, 2.45) is 0 Å². The van der Waals surface area contributed by atoms with E-state index >= 15 is 0 Å². The molecule has 0 spiro atoms. The molecule has 204 valence electrons. The Morgan fingerprint density at radius 2 is 1.74 bits per heavy atom. The largest absolute Gasteiger partial charge is 0.494 e. The summed E-state index contributed by atoms with van der Waals surface area (Å²) in [6.45, 7) is 4.82. The molecule has 3 aromatic rings. The highest BCUT2D eigenvalue weighted by Gasteiger charge is 2.31. The van der Waals surface area contributed by atoms with Crippen molar-refractivity contribution in [3.05, 3.63) is 83.4 Å². The Labute approximate surface area is 231 Å². The zero-order valence-electron chi connectivity index (χ0n) is 23.2. The number of fused-ring (bicyclic) bond motifs is 1. The summed E-state index contributed by atoms with van der Waals surface area (Å²) < 4.78 is 18.4. The topological polar surface area (TPSA) is 56.8 Å². The van der Waals surface area contributed by atoms with Crippen LogP contribution in [0.25, 0.3) is 17.2 Å². The predicted molar refractivity (Wildman–Crippen MR) is 156 cm³/mol. The maximum atomic E-state index is 13.2. The summed E-state index contributed by atoms with van der Waals surface area (Å²) >= 11 is 0. The number of carbonyl (C=O) groups excluding carboxylic acids is 1. The molecule has 6 nitrogen and oxygen atoms in total. The summed E-state index contributed by atoms with van der Waals surface area (Å²) in [4.78, 5) is 13.2. The van der Waals surface area contributed by atoms with Crippen molar-refractivity contribution in [1.82, 2.24) is 0 Å². The molecular weight excluding hydrogens is 488 g/mol. The van der Waals surface area contributed by atoms with Crippen molar-refractivity contribution >= 4 is 17.7 Å². The summed E-state index contributed by atoms with van der Waals surface area (Å²) in [5.41, 5.74) is 5.77. The first-order chi connectivity index (χ1) is 18.9. The van der Waals surface area contributed by atoms with Gasteiger partial charge in [-0.05, 0) is 73.4 Å². The molecule has 3 aromatic carbocycles. The molecule has 6 heteroatoms. The zero-order chi connectivity index (χ0) is 27.2. The molecule has 0 aromatic heterocycles. The van der Waals surface area contributed by atoms with Crippen LogP contribution in [0.15, 0.2) is 72.3 Å². The minimum Gasteiger partial charge on any atom is -0.494 e. The van der Waals surface area contributed by atoms with Crippen molar-refractivity contribution < 1.29 is 23.5 Å². The first kappa shape index (κ1) is 27.0. The van der Waals surface area contributed by atoms with Crippen LogP contribution in [0, 0.1) is 0 Å². The monoisotopic (exact) mass is 527 g/mol. The van der Waals surface area contributed by atoms with Crippen molar-refractivity contribution in [3.8, 4) is 22.6 Å². The molecule has 1 atom stereocenters. The van der Waals surface area contributed by atoms with Crippen molar-refractivity contribution in [1.29, 1.82) is 0 Å². The Kier molecular flexibility index (Phi) is 8.34. The maximum Gasteiger partial charge on any atom is 0.251 e. The van der Waals surface area contributed by atoms with E-state index in [-0.39, 0.29) is 12.1 Å². The Morgan fingerprint density at radius 1 is 0.974 bits per heavy atom. The number of rotatable bonds is 8. The lowest BCUT2D eigenvalue weighted by atomic mass is 10.0. The Bertz CT molecular complexity index is 1310. The number of quaternary nitrogens is 1. The van der Waals surface area contributed by atoms with Crippen LogP contribution in [-0.2, 0) is 16.1 Å². The number of hydrogen-bond donors (Lipinski definition) is 1. The number of nitrogens with one attached hydrogen (secondary N) is 1. The molecule has 2 heterocycles. The van der Waals surface area contributed by atoms with Gasteiger partial charge in [0.1, 0.15) is 18.0 Å². The van der Waals surface area contributed by atoms with Gasteiger partial charge in [-0.2, -0.15) is 0 Å². The van der Waals surface area contributed by atoms with Gasteiger partial charge in [-0.1, -0.05) is 30.3 Å². The molecule has 2 aliphatic rings. The van der Waals surface area contributed by atoms with Crippen LogP contribution in [0.3, 0.4) is 0 Å². The lowest BCUT2D eigenvalue weighted by Crippen LogP contribution is -2.50. The van der Waals surface area contributed by atoms with E-state index in [2.05, 4.69) is 43.7 Å². The number of hydrogen-bond acceptors (Lipinski definition) is 4. The molecule has 0 saturated carbocycles. The summed E-state index contributed by atoms with van der Waals surface area (Å²) in [7, 11) is 4.46. The third-order valence-electron chi connectivity index (χ3n) is 7.50. The minimum atomic E-state index is -0.0996. The summed E-state index contributed by atoms with van der Waals surface area (Å²) in [6.07, 6.45) is 6.22. The highest BCUT2D eigenvalue weighted by molar-refractivity contribution is 6.07. The van der Waals surface area contributed by atoms with E-state index < -0.39 is 0 Å². The van der Waals surface area contributed by atoms with E-state index in [0.717, 1.165) is 64.4 Å². The average Bonchev–Trinajstić information content (AvgIpc) is 3.17. The number of amides is 1. The standard InChI is InChI=1S/C33H38N2O4/c1-4-37-30-15-10-25(11-16-30)26-12-17-31-28(21-26)22-27(18-20-38-31)33(36)34-29-13-8-24(9-14-29)23-35(2,3)32-7-5-6-19-39-32/h8-17,21-22,32H,4-7,18-20,23H2,1-3H3/p+1. The minimum absolute atomic E-state index is 0.0996. The van der Waals surface area contributed by atoms with Gasteiger partial charge in [-0.3, -0.25) is 9.28 Å². The number of anilines is 1. The van der Waals surface area contributed by atoms with E-state index in [9.17, 15) is 4.79 Å². The smallest absolute Gasteiger partial charge is 0.251 e. The van der Waals surface area contributed by atoms with Gasteiger partial charge in [-0.15, -0.1) is 0 Å². The molecule has 0 aliphatic carbocycles. The molecule has 1 saturated heterocycles. The average molecular weight is 528 g/mol. The van der Waals surface area contributed by atoms with Crippen molar-refractivity contribution in [3.63, 3.8) is 0 Å². The molecule has 0 bridgehead atoms. The van der Waals surface area contributed by atoms with Gasteiger partial charge in [-0.25, -0.2) is 0 Å². The second-order valence-electron chi connectivity index (χ2n) is 10.9. The lowest BCUT2D eigenvalue weighted by molar-refractivity contribution is -0.951. The highest BCUT2D eigenvalue weighted by atomic mass is 16.5. The predicted octanol–water partition coefficient (Wildman–Crippen LogP) is 6.66. The number of carbonyl (C=O) groups is 1. The quantitative estimate of drug-likeness (QED) is 0.333. The Hall–Kier alpha value is -3.61. The molecule has 0 radical (unpaired) electrons. The maximum absolute atomic E-state index is 13.2. The van der Waals surface area contributed by atoms with Crippen LogP contribution in [0.1, 0.15) is 43.7 Å². The summed E-state index contributed by atoms with van der Waals surface area (Å²) in [5, 5.41) is 3.08. The van der Waals surface area contributed by atoms with E-state index in [1.807, 2.05) is 55.5 Å². The second kappa shape index (κ2) is 12.1.